The summed E-state index contributed by atoms with van der Waals surface area (Å²) in [6, 6.07) is 17.0. The van der Waals surface area contributed by atoms with E-state index in [1.54, 1.807) is 24.3 Å². The SMILES string of the molecule is COC(=O)C(C)C(=O)OCc1ccc(OCCc2nc(-c3ccccc3)oc2C)cc1. The van der Waals surface area contributed by atoms with Crippen LogP contribution in [0.5, 0.6) is 5.75 Å². The van der Waals surface area contributed by atoms with Crippen LogP contribution in [0.25, 0.3) is 11.5 Å². The third-order valence-corrected chi connectivity index (χ3v) is 4.73. The van der Waals surface area contributed by atoms with Gasteiger partial charge in [0, 0.05) is 12.0 Å². The van der Waals surface area contributed by atoms with E-state index >= 15 is 0 Å². The number of aromatic nitrogens is 1. The number of rotatable bonds is 9. The minimum Gasteiger partial charge on any atom is -0.493 e. The lowest BCUT2D eigenvalue weighted by atomic mass is 10.2. The number of hydrogen-bond acceptors (Lipinski definition) is 7. The van der Waals surface area contributed by atoms with Gasteiger partial charge in [-0.15, -0.1) is 0 Å². The van der Waals surface area contributed by atoms with E-state index < -0.39 is 17.9 Å². The first-order valence-electron chi connectivity index (χ1n) is 9.96. The molecule has 3 rings (SSSR count). The summed E-state index contributed by atoms with van der Waals surface area (Å²) in [6.07, 6.45) is 0.618. The van der Waals surface area contributed by atoms with Crippen LogP contribution < -0.4 is 4.74 Å². The summed E-state index contributed by atoms with van der Waals surface area (Å²) >= 11 is 0. The summed E-state index contributed by atoms with van der Waals surface area (Å²) < 4.78 is 21.2. The first-order chi connectivity index (χ1) is 15.0. The van der Waals surface area contributed by atoms with Gasteiger partial charge in [0.05, 0.1) is 19.4 Å². The fraction of sp³-hybridized carbons (Fsp3) is 0.292. The molecule has 0 fully saturated rings. The molecular formula is C24H25NO6. The van der Waals surface area contributed by atoms with Gasteiger partial charge in [-0.1, -0.05) is 30.3 Å². The molecule has 3 aromatic rings. The summed E-state index contributed by atoms with van der Waals surface area (Å²) in [7, 11) is 1.23. The molecule has 0 aliphatic heterocycles. The third kappa shape index (κ3) is 5.94. The second-order valence-electron chi connectivity index (χ2n) is 6.98. The molecule has 0 N–H and O–H groups in total. The van der Waals surface area contributed by atoms with Crippen LogP contribution in [0.2, 0.25) is 0 Å². The van der Waals surface area contributed by atoms with Crippen molar-refractivity contribution < 1.29 is 28.2 Å². The van der Waals surface area contributed by atoms with Gasteiger partial charge in [-0.25, -0.2) is 4.98 Å². The molecule has 2 aromatic carbocycles. The van der Waals surface area contributed by atoms with Gasteiger partial charge in [-0.3, -0.25) is 9.59 Å². The van der Waals surface area contributed by atoms with Crippen molar-refractivity contribution in [2.45, 2.75) is 26.9 Å². The Labute approximate surface area is 181 Å². The topological polar surface area (TPSA) is 87.9 Å². The highest BCUT2D eigenvalue weighted by Crippen LogP contribution is 2.22. The average Bonchev–Trinajstić information content (AvgIpc) is 3.18. The molecule has 1 atom stereocenters. The summed E-state index contributed by atoms with van der Waals surface area (Å²) in [5.74, 6) is -0.108. The highest BCUT2D eigenvalue weighted by atomic mass is 16.5. The lowest BCUT2D eigenvalue weighted by Gasteiger charge is -2.10. The Kier molecular flexibility index (Phi) is 7.43. The predicted molar refractivity (Wildman–Crippen MR) is 113 cm³/mol. The number of esters is 2. The van der Waals surface area contributed by atoms with Gasteiger partial charge in [0.15, 0.2) is 5.92 Å². The zero-order chi connectivity index (χ0) is 22.2. The van der Waals surface area contributed by atoms with E-state index in [0.717, 1.165) is 22.6 Å². The van der Waals surface area contributed by atoms with E-state index in [-0.39, 0.29) is 6.61 Å². The Bertz CT molecular complexity index is 1010. The quantitative estimate of drug-likeness (QED) is 0.378. The number of carbonyl (C=O) groups excluding carboxylic acids is 2. The zero-order valence-corrected chi connectivity index (χ0v) is 17.8. The van der Waals surface area contributed by atoms with Crippen LogP contribution >= 0.6 is 0 Å². The number of nitrogens with zero attached hydrogens (tertiary/aromatic N) is 1. The van der Waals surface area contributed by atoms with Crippen molar-refractivity contribution in [2.24, 2.45) is 5.92 Å². The van der Waals surface area contributed by atoms with Crippen molar-refractivity contribution in [1.82, 2.24) is 4.98 Å². The number of carbonyl (C=O) groups is 2. The van der Waals surface area contributed by atoms with Crippen molar-refractivity contribution in [3.8, 4) is 17.2 Å². The number of benzene rings is 2. The van der Waals surface area contributed by atoms with E-state index in [9.17, 15) is 9.59 Å². The van der Waals surface area contributed by atoms with Gasteiger partial charge >= 0.3 is 11.9 Å². The normalized spacial score (nSPS) is 11.6. The van der Waals surface area contributed by atoms with Crippen LogP contribution in [-0.4, -0.2) is 30.6 Å². The Hall–Kier alpha value is -3.61. The van der Waals surface area contributed by atoms with Crippen molar-refractivity contribution in [1.29, 1.82) is 0 Å². The molecule has 1 heterocycles. The minimum absolute atomic E-state index is 0.0703. The standard InChI is InChI=1S/C24H25NO6/c1-16(23(26)28-3)24(27)30-15-18-9-11-20(12-10-18)29-14-13-21-17(2)31-22(25-21)19-7-5-4-6-8-19/h4-12,16H,13-15H2,1-3H3. The van der Waals surface area contributed by atoms with E-state index in [1.807, 2.05) is 37.3 Å². The molecule has 0 radical (unpaired) electrons. The minimum atomic E-state index is -0.949. The molecular weight excluding hydrogens is 398 g/mol. The predicted octanol–water partition coefficient (Wildman–Crippen LogP) is 4.12. The lowest BCUT2D eigenvalue weighted by Crippen LogP contribution is -2.24. The van der Waals surface area contributed by atoms with Crippen LogP contribution in [-0.2, 0) is 32.1 Å². The van der Waals surface area contributed by atoms with Crippen LogP contribution in [0.15, 0.2) is 59.0 Å². The number of oxazole rings is 1. The molecule has 1 unspecified atom stereocenters. The van der Waals surface area contributed by atoms with E-state index in [2.05, 4.69) is 9.72 Å². The average molecular weight is 423 g/mol. The number of aryl methyl sites for hydroxylation is 1. The summed E-state index contributed by atoms with van der Waals surface area (Å²) in [5, 5.41) is 0. The van der Waals surface area contributed by atoms with Crippen LogP contribution in [0, 0.1) is 12.8 Å². The first-order valence-corrected chi connectivity index (χ1v) is 9.96. The summed E-state index contributed by atoms with van der Waals surface area (Å²) in [4.78, 5) is 27.7. The molecule has 0 spiro atoms. The van der Waals surface area contributed by atoms with Gasteiger partial charge in [-0.05, 0) is 43.7 Å². The lowest BCUT2D eigenvalue weighted by molar-refractivity contribution is -0.160. The highest BCUT2D eigenvalue weighted by molar-refractivity contribution is 5.94. The molecule has 7 heteroatoms. The Morgan fingerprint density at radius 1 is 1.03 bits per heavy atom. The highest BCUT2D eigenvalue weighted by Gasteiger charge is 2.23. The molecule has 0 saturated heterocycles. The number of hydrogen-bond donors (Lipinski definition) is 0. The first kappa shape index (κ1) is 22.1. The molecule has 31 heavy (non-hydrogen) atoms. The van der Waals surface area contributed by atoms with Crippen LogP contribution in [0.4, 0.5) is 0 Å². The third-order valence-electron chi connectivity index (χ3n) is 4.73. The van der Waals surface area contributed by atoms with E-state index in [0.29, 0.717) is 24.7 Å². The van der Waals surface area contributed by atoms with Gasteiger partial charge < -0.3 is 18.6 Å². The molecule has 0 amide bonds. The molecule has 0 aliphatic rings. The van der Waals surface area contributed by atoms with Crippen LogP contribution in [0.3, 0.4) is 0 Å². The van der Waals surface area contributed by atoms with Crippen molar-refractivity contribution in [2.75, 3.05) is 13.7 Å². The smallest absolute Gasteiger partial charge is 0.320 e. The molecule has 0 saturated carbocycles. The molecule has 162 valence electrons. The Balaban J connectivity index is 1.47. The second kappa shape index (κ2) is 10.4. The van der Waals surface area contributed by atoms with Crippen LogP contribution in [0.1, 0.15) is 23.9 Å². The fourth-order valence-corrected chi connectivity index (χ4v) is 2.86. The van der Waals surface area contributed by atoms with Gasteiger partial charge in [0.2, 0.25) is 5.89 Å². The van der Waals surface area contributed by atoms with E-state index in [1.165, 1.54) is 14.0 Å². The monoisotopic (exact) mass is 423 g/mol. The molecule has 0 aliphatic carbocycles. The molecule has 1 aromatic heterocycles. The molecule has 0 bridgehead atoms. The maximum atomic E-state index is 11.8. The zero-order valence-electron chi connectivity index (χ0n) is 17.8. The Morgan fingerprint density at radius 3 is 2.42 bits per heavy atom. The maximum absolute atomic E-state index is 11.8. The summed E-state index contributed by atoms with van der Waals surface area (Å²) in [6.45, 7) is 3.86. The van der Waals surface area contributed by atoms with Crippen molar-refractivity contribution in [3.63, 3.8) is 0 Å². The van der Waals surface area contributed by atoms with Gasteiger partial charge in [0.25, 0.3) is 0 Å². The van der Waals surface area contributed by atoms with Gasteiger partial charge in [-0.2, -0.15) is 0 Å². The fourth-order valence-electron chi connectivity index (χ4n) is 2.86. The number of ether oxygens (including phenoxy) is 3. The van der Waals surface area contributed by atoms with E-state index in [4.69, 9.17) is 13.9 Å². The second-order valence-corrected chi connectivity index (χ2v) is 6.98. The van der Waals surface area contributed by atoms with Gasteiger partial charge in [0.1, 0.15) is 18.1 Å². The number of methoxy groups -OCH3 is 1. The summed E-state index contributed by atoms with van der Waals surface area (Å²) in [5.41, 5.74) is 2.59. The Morgan fingerprint density at radius 2 is 1.74 bits per heavy atom. The van der Waals surface area contributed by atoms with Crippen molar-refractivity contribution >= 4 is 11.9 Å². The largest absolute Gasteiger partial charge is 0.493 e. The maximum Gasteiger partial charge on any atom is 0.320 e. The van der Waals surface area contributed by atoms with Crippen molar-refractivity contribution in [3.05, 3.63) is 71.6 Å². The molecule has 7 nitrogen and oxygen atoms in total.